The lowest BCUT2D eigenvalue weighted by Crippen LogP contribution is -2.46. The number of esters is 1. The Morgan fingerprint density at radius 3 is 1.47 bits per heavy atom. The molecule has 1 saturated carbocycles. The van der Waals surface area contributed by atoms with Gasteiger partial charge in [-0.15, -0.1) is 0 Å². The number of aliphatic hydroxyl groups excluding tert-OH is 1. The zero-order valence-electron chi connectivity index (χ0n) is 37.9. The second kappa shape index (κ2) is 40.1. The molecule has 4 atom stereocenters. The van der Waals surface area contributed by atoms with Crippen LogP contribution in [0.5, 0.6) is 0 Å². The van der Waals surface area contributed by atoms with Crippen molar-refractivity contribution in [3.8, 4) is 0 Å². The van der Waals surface area contributed by atoms with Gasteiger partial charge in [0.25, 0.3) is 0 Å². The number of unbranched alkanes of at least 4 members (excludes halogenated alkanes) is 22. The topological polar surface area (TPSA) is 59.0 Å². The Bertz CT molecular complexity index is 792. The van der Waals surface area contributed by atoms with E-state index in [-0.39, 0.29) is 18.0 Å². The zero-order chi connectivity index (χ0) is 39.9. The largest absolute Gasteiger partial charge is 0.465 e. The van der Waals surface area contributed by atoms with Crippen molar-refractivity contribution in [3.63, 3.8) is 0 Å². The molecule has 1 rings (SSSR count). The first-order valence-corrected chi connectivity index (χ1v) is 25.2. The molecule has 1 N–H and O–H groups in total. The van der Waals surface area contributed by atoms with Gasteiger partial charge in [-0.2, -0.15) is 0 Å². The van der Waals surface area contributed by atoms with E-state index in [4.69, 9.17) is 9.47 Å². The van der Waals surface area contributed by atoms with Crippen LogP contribution in [0.1, 0.15) is 259 Å². The van der Waals surface area contributed by atoms with Gasteiger partial charge in [0.2, 0.25) is 0 Å². The minimum absolute atomic E-state index is 0.0691. The van der Waals surface area contributed by atoms with Gasteiger partial charge in [-0.05, 0) is 83.2 Å². The Hall–Kier alpha value is -0.650. The molecule has 0 aromatic rings. The first-order chi connectivity index (χ1) is 27.1. The van der Waals surface area contributed by atoms with E-state index in [9.17, 15) is 9.90 Å². The van der Waals surface area contributed by atoms with Crippen LogP contribution in [-0.4, -0.2) is 61.0 Å². The molecular formula is C50H99NO4. The lowest BCUT2D eigenvalue weighted by molar-refractivity contribution is -0.149. The molecule has 0 bridgehead atoms. The van der Waals surface area contributed by atoms with Gasteiger partial charge in [-0.3, -0.25) is 9.69 Å². The summed E-state index contributed by atoms with van der Waals surface area (Å²) >= 11 is 0. The number of nitrogens with zero attached hydrogens (tertiary/aromatic N) is 1. The monoisotopic (exact) mass is 778 g/mol. The van der Waals surface area contributed by atoms with Crippen LogP contribution in [0, 0.1) is 11.8 Å². The zero-order valence-corrected chi connectivity index (χ0v) is 37.9. The Morgan fingerprint density at radius 1 is 0.527 bits per heavy atom. The first-order valence-electron chi connectivity index (χ1n) is 25.2. The van der Waals surface area contributed by atoms with Gasteiger partial charge >= 0.3 is 5.97 Å². The maximum Gasteiger partial charge on any atom is 0.308 e. The van der Waals surface area contributed by atoms with E-state index >= 15 is 0 Å². The third kappa shape index (κ3) is 31.0. The van der Waals surface area contributed by atoms with Crippen molar-refractivity contribution in [1.82, 2.24) is 4.90 Å². The molecule has 0 spiro atoms. The van der Waals surface area contributed by atoms with Gasteiger partial charge < -0.3 is 14.6 Å². The van der Waals surface area contributed by atoms with E-state index in [2.05, 4.69) is 32.6 Å². The van der Waals surface area contributed by atoms with Crippen LogP contribution in [0.2, 0.25) is 0 Å². The number of ether oxygens (including phenoxy) is 2. The van der Waals surface area contributed by atoms with Crippen LogP contribution >= 0.6 is 0 Å². The van der Waals surface area contributed by atoms with Crippen LogP contribution in [0.4, 0.5) is 0 Å². The van der Waals surface area contributed by atoms with E-state index in [1.165, 1.54) is 180 Å². The Balaban J connectivity index is 2.34. The van der Waals surface area contributed by atoms with Crippen LogP contribution in [0.3, 0.4) is 0 Å². The second-order valence-electron chi connectivity index (χ2n) is 17.9. The van der Waals surface area contributed by atoms with Gasteiger partial charge in [0.1, 0.15) is 0 Å². The normalized spacial score (nSPS) is 17.2. The molecule has 0 saturated heterocycles. The van der Waals surface area contributed by atoms with Crippen LogP contribution < -0.4 is 0 Å². The Kier molecular flexibility index (Phi) is 38.2. The minimum Gasteiger partial charge on any atom is -0.465 e. The predicted octanol–water partition coefficient (Wildman–Crippen LogP) is 14.9. The number of aliphatic hydroxyl groups is 1. The highest BCUT2D eigenvalue weighted by atomic mass is 16.5. The Morgan fingerprint density at radius 2 is 0.945 bits per heavy atom. The van der Waals surface area contributed by atoms with E-state index in [1.54, 1.807) is 0 Å². The van der Waals surface area contributed by atoms with Gasteiger partial charge in [0, 0.05) is 19.3 Å². The Labute approximate surface area is 345 Å². The molecule has 4 unspecified atom stereocenters. The number of carbonyl (C=O) groups excluding carboxylic acids is 1. The van der Waals surface area contributed by atoms with Crippen molar-refractivity contribution in [2.75, 3.05) is 32.9 Å². The first kappa shape index (κ1) is 52.4. The second-order valence-corrected chi connectivity index (χ2v) is 17.9. The highest BCUT2D eigenvalue weighted by Gasteiger charge is 2.28. The lowest BCUT2D eigenvalue weighted by Gasteiger charge is -2.38. The standard InChI is InChI=1S/C50H99NO4/c1-5-9-13-17-19-26-36-46(35-25-15-11-7-3)45-54-43-33-23-21-31-41-51(48-39-29-30-40-49(48)52)42-32-22-24-34-44-55-50(53)47(37-27-16-12-8-4)38-28-20-18-14-10-6-2/h46-49,52H,5-45H2,1-4H3. The third-order valence-electron chi connectivity index (χ3n) is 12.7. The van der Waals surface area contributed by atoms with E-state index < -0.39 is 0 Å². The smallest absolute Gasteiger partial charge is 0.308 e. The number of hydrogen-bond acceptors (Lipinski definition) is 5. The fourth-order valence-corrected chi connectivity index (χ4v) is 8.90. The fraction of sp³-hybridized carbons (Fsp3) is 0.980. The number of carbonyl (C=O) groups is 1. The van der Waals surface area contributed by atoms with Crippen molar-refractivity contribution in [2.45, 2.75) is 271 Å². The summed E-state index contributed by atoms with van der Waals surface area (Å²) < 4.78 is 12.2. The van der Waals surface area contributed by atoms with Crippen LogP contribution in [0.15, 0.2) is 0 Å². The van der Waals surface area contributed by atoms with Crippen molar-refractivity contribution in [1.29, 1.82) is 0 Å². The molecular weight excluding hydrogens is 679 g/mol. The predicted molar refractivity (Wildman–Crippen MR) is 239 cm³/mol. The summed E-state index contributed by atoms with van der Waals surface area (Å²) in [5.74, 6) is 0.925. The summed E-state index contributed by atoms with van der Waals surface area (Å²) in [7, 11) is 0. The fourth-order valence-electron chi connectivity index (χ4n) is 8.90. The summed E-state index contributed by atoms with van der Waals surface area (Å²) in [5, 5.41) is 10.9. The summed E-state index contributed by atoms with van der Waals surface area (Å²) in [5.41, 5.74) is 0. The quantitative estimate of drug-likeness (QED) is 0.0494. The molecule has 1 aliphatic carbocycles. The van der Waals surface area contributed by atoms with Gasteiger partial charge in [0.05, 0.1) is 18.6 Å². The molecule has 5 nitrogen and oxygen atoms in total. The third-order valence-corrected chi connectivity index (χ3v) is 12.7. The summed E-state index contributed by atoms with van der Waals surface area (Å²) in [4.78, 5) is 15.7. The minimum atomic E-state index is -0.168. The summed E-state index contributed by atoms with van der Waals surface area (Å²) in [6, 6.07) is 0.333. The van der Waals surface area contributed by atoms with Crippen molar-refractivity contribution in [3.05, 3.63) is 0 Å². The maximum absolute atomic E-state index is 13.0. The molecule has 0 aromatic heterocycles. The SMILES string of the molecule is CCCCCCCCC(CCCCCC)COCCCCCCN(CCCCCCOC(=O)C(CCCCCC)CCCCCCCC)C1CCCCC1O. The van der Waals surface area contributed by atoms with E-state index in [0.29, 0.717) is 12.6 Å². The van der Waals surface area contributed by atoms with E-state index in [0.717, 1.165) is 83.6 Å². The van der Waals surface area contributed by atoms with Gasteiger partial charge in [-0.1, -0.05) is 195 Å². The van der Waals surface area contributed by atoms with Crippen LogP contribution in [-0.2, 0) is 14.3 Å². The molecule has 1 aliphatic rings. The average molecular weight is 778 g/mol. The molecule has 0 radical (unpaired) electrons. The highest BCUT2D eigenvalue weighted by molar-refractivity contribution is 5.72. The molecule has 0 amide bonds. The number of rotatable bonds is 42. The van der Waals surface area contributed by atoms with Crippen molar-refractivity contribution in [2.24, 2.45) is 11.8 Å². The molecule has 55 heavy (non-hydrogen) atoms. The van der Waals surface area contributed by atoms with E-state index in [1.807, 2.05) is 0 Å². The molecule has 0 aromatic carbocycles. The van der Waals surface area contributed by atoms with Crippen molar-refractivity contribution >= 4 is 5.97 Å². The molecule has 0 heterocycles. The molecule has 0 aliphatic heterocycles. The summed E-state index contributed by atoms with van der Waals surface area (Å²) in [6.45, 7) is 13.8. The number of hydrogen-bond donors (Lipinski definition) is 1. The van der Waals surface area contributed by atoms with Gasteiger partial charge in [0.15, 0.2) is 0 Å². The summed E-state index contributed by atoms with van der Waals surface area (Å²) in [6.07, 6.45) is 44.7. The molecule has 1 fully saturated rings. The highest BCUT2D eigenvalue weighted by Crippen LogP contribution is 2.25. The van der Waals surface area contributed by atoms with Crippen LogP contribution in [0.25, 0.3) is 0 Å². The molecule has 5 heteroatoms. The lowest BCUT2D eigenvalue weighted by atomic mass is 9.91. The average Bonchev–Trinajstić information content (AvgIpc) is 3.19. The maximum atomic E-state index is 13.0. The van der Waals surface area contributed by atoms with Crippen molar-refractivity contribution < 1.29 is 19.4 Å². The molecule has 328 valence electrons. The van der Waals surface area contributed by atoms with Gasteiger partial charge in [-0.25, -0.2) is 0 Å².